The molecule has 0 saturated carbocycles. The molecule has 19 heteroatoms. The van der Waals surface area contributed by atoms with Crippen LogP contribution in [0.4, 0.5) is 0 Å². The summed E-state index contributed by atoms with van der Waals surface area (Å²) in [6.45, 7) is 4.57. The van der Waals surface area contributed by atoms with Gasteiger partial charge in [-0.1, -0.05) is 265 Å². The minimum atomic E-state index is -4.98. The average Bonchev–Trinajstić information content (AvgIpc) is 0.930. The van der Waals surface area contributed by atoms with Gasteiger partial charge in [-0.3, -0.25) is 37.3 Å². The van der Waals surface area contributed by atoms with E-state index in [1.807, 2.05) is 0 Å². The number of carbonyl (C=O) groups excluding carboxylic acids is 4. The number of phosphoric acid groups is 2. The highest BCUT2D eigenvalue weighted by Crippen LogP contribution is 2.45. The number of phosphoric ester groups is 2. The summed E-state index contributed by atoms with van der Waals surface area (Å²) in [5.41, 5.74) is 0. The number of hydrogen-bond donors (Lipinski definition) is 3. The highest BCUT2D eigenvalue weighted by molar-refractivity contribution is 7.47. The first-order valence-electron chi connectivity index (χ1n) is 39.1. The van der Waals surface area contributed by atoms with Gasteiger partial charge < -0.3 is 33.8 Å². The maximum Gasteiger partial charge on any atom is 0.472 e. The first kappa shape index (κ1) is 95.7. The quantitative estimate of drug-likeness (QED) is 0.0169. The summed E-state index contributed by atoms with van der Waals surface area (Å²) in [7, 11) is -9.96. The third kappa shape index (κ3) is 72.1. The third-order valence-electron chi connectivity index (χ3n) is 16.2. The lowest BCUT2D eigenvalue weighted by molar-refractivity contribution is -0.161. The van der Waals surface area contributed by atoms with Crippen LogP contribution in [0.2, 0.25) is 0 Å². The van der Waals surface area contributed by atoms with Gasteiger partial charge in [0.1, 0.15) is 19.3 Å². The van der Waals surface area contributed by atoms with Gasteiger partial charge in [-0.05, 0) is 141 Å². The van der Waals surface area contributed by atoms with E-state index in [9.17, 15) is 43.2 Å². The van der Waals surface area contributed by atoms with Crippen molar-refractivity contribution in [2.45, 2.75) is 341 Å². The maximum absolute atomic E-state index is 13.1. The lowest BCUT2D eigenvalue weighted by Crippen LogP contribution is -2.30. The van der Waals surface area contributed by atoms with Crippen LogP contribution in [0.1, 0.15) is 323 Å². The van der Waals surface area contributed by atoms with Crippen LogP contribution in [-0.4, -0.2) is 96.7 Å². The van der Waals surface area contributed by atoms with Gasteiger partial charge >= 0.3 is 39.5 Å². The molecule has 0 aliphatic rings. The van der Waals surface area contributed by atoms with Crippen molar-refractivity contribution < 1.29 is 80.2 Å². The van der Waals surface area contributed by atoms with Gasteiger partial charge in [0.2, 0.25) is 0 Å². The van der Waals surface area contributed by atoms with Crippen molar-refractivity contribution in [2.75, 3.05) is 39.6 Å². The second kappa shape index (κ2) is 73.0. The molecular weight excluding hydrogens is 1310 g/mol. The predicted octanol–water partition coefficient (Wildman–Crippen LogP) is 22.6. The van der Waals surface area contributed by atoms with Crippen molar-refractivity contribution in [3.8, 4) is 0 Å². The first-order chi connectivity index (χ1) is 48.7. The Morgan fingerprint density at radius 3 is 0.840 bits per heavy atom. The topological polar surface area (TPSA) is 237 Å². The second-order valence-electron chi connectivity index (χ2n) is 25.9. The Hall–Kier alpha value is -4.28. The number of carbonyl (C=O) groups is 4. The fourth-order valence-electron chi connectivity index (χ4n) is 10.3. The van der Waals surface area contributed by atoms with E-state index in [-0.39, 0.29) is 25.7 Å². The van der Waals surface area contributed by atoms with E-state index < -0.39 is 97.5 Å². The molecule has 0 aliphatic heterocycles. The Kier molecular flexibility index (Phi) is 69.9. The van der Waals surface area contributed by atoms with Crippen LogP contribution in [0.3, 0.4) is 0 Å². The van der Waals surface area contributed by atoms with E-state index in [0.29, 0.717) is 25.7 Å². The number of rotatable bonds is 73. The molecule has 0 fully saturated rings. The molecule has 0 amide bonds. The molecule has 0 saturated heterocycles. The van der Waals surface area contributed by atoms with Crippen LogP contribution < -0.4 is 0 Å². The molecule has 0 aromatic rings. The van der Waals surface area contributed by atoms with Gasteiger partial charge in [-0.2, -0.15) is 0 Å². The van der Waals surface area contributed by atoms with E-state index >= 15 is 0 Å². The van der Waals surface area contributed by atoms with Crippen LogP contribution in [0.25, 0.3) is 0 Å². The average molecular weight is 1450 g/mol. The molecule has 576 valence electrons. The number of ether oxygens (including phenoxy) is 4. The number of hydrogen-bond acceptors (Lipinski definition) is 15. The fourth-order valence-corrected chi connectivity index (χ4v) is 11.8. The molecule has 0 heterocycles. The van der Waals surface area contributed by atoms with Gasteiger partial charge in [-0.25, -0.2) is 9.13 Å². The van der Waals surface area contributed by atoms with Crippen molar-refractivity contribution in [1.82, 2.24) is 0 Å². The highest BCUT2D eigenvalue weighted by Gasteiger charge is 2.30. The molecule has 0 bridgehead atoms. The van der Waals surface area contributed by atoms with Gasteiger partial charge in [0, 0.05) is 25.7 Å². The van der Waals surface area contributed by atoms with Crippen molar-refractivity contribution in [3.05, 3.63) is 109 Å². The molecular formula is C81H140O17P2. The lowest BCUT2D eigenvalue weighted by atomic mass is 10.1. The molecule has 0 aromatic heterocycles. The molecule has 0 radical (unpaired) electrons. The zero-order chi connectivity index (χ0) is 73.2. The van der Waals surface area contributed by atoms with E-state index in [4.69, 9.17) is 37.0 Å². The summed E-state index contributed by atoms with van der Waals surface area (Å²) >= 11 is 0. The van der Waals surface area contributed by atoms with Crippen LogP contribution >= 0.6 is 15.6 Å². The molecule has 0 rings (SSSR count). The normalized spacial score (nSPS) is 14.5. The minimum absolute atomic E-state index is 0.0788. The number of unbranched alkanes of at least 4 members (excludes halogenated alkanes) is 29. The highest BCUT2D eigenvalue weighted by atomic mass is 31.2. The van der Waals surface area contributed by atoms with E-state index in [1.165, 1.54) is 38.5 Å². The van der Waals surface area contributed by atoms with Crippen molar-refractivity contribution in [2.24, 2.45) is 0 Å². The second-order valence-corrected chi connectivity index (χ2v) is 28.8. The number of esters is 4. The Labute approximate surface area is 607 Å². The molecule has 3 N–H and O–H groups in total. The van der Waals surface area contributed by atoms with Crippen LogP contribution in [0.15, 0.2) is 109 Å². The standard InChI is InChI=1S/C81H140O17P2/c1-5-9-13-17-21-25-29-32-34-36-37-39-40-43-47-50-54-58-62-66-79(84)92-72-77(98-81(86)68-64-60-56-52-48-44-41-38-35-33-30-26-22-18-14-10-6-2)74-96-100(89,90)94-70-75(82)69-93-99(87,88)95-73-76(97-80(85)67-63-59-55-51-45-28-24-20-16-12-8-4)71-91-78(83)65-61-57-53-49-46-42-31-27-23-19-15-11-7-3/h9-10,13-14,20-22,24-27,31-35,37,39,75-77,82H,5-8,11-12,15-19,23,28-30,36,38,40-74H2,1-4H3,(H,87,88)(H,89,90)/b13-9-,14-10-,24-20-,25-21-,26-22-,31-27-,34-32-,35-33-,39-37-. The van der Waals surface area contributed by atoms with Crippen molar-refractivity contribution in [1.29, 1.82) is 0 Å². The Morgan fingerprint density at radius 2 is 0.530 bits per heavy atom. The van der Waals surface area contributed by atoms with E-state index in [1.54, 1.807) is 0 Å². The predicted molar refractivity (Wildman–Crippen MR) is 408 cm³/mol. The number of aliphatic hydroxyl groups is 1. The third-order valence-corrected chi connectivity index (χ3v) is 18.1. The smallest absolute Gasteiger partial charge is 0.462 e. The fraction of sp³-hybridized carbons (Fsp3) is 0.728. The van der Waals surface area contributed by atoms with Crippen molar-refractivity contribution >= 4 is 39.5 Å². The SMILES string of the molecule is CC/C=C\C/C=C\C/C=C\C/C=C\CCCCCCCCC(=O)OCC(COP(=O)(O)OCC(O)COP(=O)(O)OCC(COC(=O)CCCCCCC/C=C\CCCCCC)OC(=O)CCCCCCC/C=C\CCCC)OC(=O)CCCCCCCCC/C=C\C/C=C\C/C=C\CC. The van der Waals surface area contributed by atoms with Gasteiger partial charge in [0.15, 0.2) is 12.2 Å². The van der Waals surface area contributed by atoms with Crippen molar-refractivity contribution in [3.63, 3.8) is 0 Å². The summed E-state index contributed by atoms with van der Waals surface area (Å²) in [6, 6.07) is 0. The largest absolute Gasteiger partial charge is 0.472 e. The summed E-state index contributed by atoms with van der Waals surface area (Å²) in [5, 5.41) is 10.6. The number of aliphatic hydroxyl groups excluding tert-OH is 1. The van der Waals surface area contributed by atoms with Gasteiger partial charge in [0.25, 0.3) is 0 Å². The number of allylic oxidation sites excluding steroid dienone is 18. The Balaban J connectivity index is 5.35. The minimum Gasteiger partial charge on any atom is -0.462 e. The molecule has 0 aliphatic carbocycles. The molecule has 17 nitrogen and oxygen atoms in total. The monoisotopic (exact) mass is 1450 g/mol. The zero-order valence-corrected chi connectivity index (χ0v) is 64.6. The molecule has 0 spiro atoms. The van der Waals surface area contributed by atoms with Crippen LogP contribution in [-0.2, 0) is 65.4 Å². The Bertz CT molecular complexity index is 2320. The van der Waals surface area contributed by atoms with E-state index in [0.717, 1.165) is 205 Å². The molecule has 100 heavy (non-hydrogen) atoms. The summed E-state index contributed by atoms with van der Waals surface area (Å²) < 4.78 is 68.5. The lowest BCUT2D eigenvalue weighted by Gasteiger charge is -2.21. The molecule has 0 aromatic carbocycles. The van der Waals surface area contributed by atoms with Gasteiger partial charge in [-0.15, -0.1) is 0 Å². The maximum atomic E-state index is 13.1. The zero-order valence-electron chi connectivity index (χ0n) is 62.8. The first-order valence-corrected chi connectivity index (χ1v) is 42.1. The van der Waals surface area contributed by atoms with Gasteiger partial charge in [0.05, 0.1) is 26.4 Å². The van der Waals surface area contributed by atoms with E-state index in [2.05, 4.69) is 137 Å². The summed E-state index contributed by atoms with van der Waals surface area (Å²) in [4.78, 5) is 72.9. The summed E-state index contributed by atoms with van der Waals surface area (Å²) in [5.74, 6) is -2.21. The summed E-state index contributed by atoms with van der Waals surface area (Å²) in [6.07, 6.45) is 77.9. The van der Waals surface area contributed by atoms with Crippen LogP contribution in [0, 0.1) is 0 Å². The Morgan fingerprint density at radius 1 is 0.290 bits per heavy atom. The molecule has 5 unspecified atom stereocenters. The molecule has 5 atom stereocenters. The van der Waals surface area contributed by atoms with Crippen LogP contribution in [0.5, 0.6) is 0 Å².